The van der Waals surface area contributed by atoms with Gasteiger partial charge in [0.15, 0.2) is 0 Å². The number of primary amides is 1. The van der Waals surface area contributed by atoms with Crippen molar-refractivity contribution in [3.63, 3.8) is 0 Å². The molecule has 2 aromatic carbocycles. The minimum Gasteiger partial charge on any atom is -0.392 e. The summed E-state index contributed by atoms with van der Waals surface area (Å²) < 4.78 is 2.26. The highest BCUT2D eigenvalue weighted by Crippen LogP contribution is 2.35. The van der Waals surface area contributed by atoms with Gasteiger partial charge in [-0.2, -0.15) is 0 Å². The van der Waals surface area contributed by atoms with E-state index in [1.807, 2.05) is 18.2 Å². The Bertz CT molecular complexity index is 907. The molecule has 1 fully saturated rings. The van der Waals surface area contributed by atoms with Crippen molar-refractivity contribution in [3.8, 4) is 0 Å². The van der Waals surface area contributed by atoms with E-state index in [0.717, 1.165) is 33.9 Å². The molecule has 1 aliphatic carbocycles. The predicted molar refractivity (Wildman–Crippen MR) is 90.1 cm³/mol. The second-order valence-electron chi connectivity index (χ2n) is 6.40. The van der Waals surface area contributed by atoms with Crippen LogP contribution in [0.2, 0.25) is 0 Å². The average Bonchev–Trinajstić information content (AvgIpc) is 2.83. The van der Waals surface area contributed by atoms with Crippen molar-refractivity contribution in [1.29, 1.82) is 0 Å². The molecule has 0 unspecified atom stereocenters. The molecule has 3 aromatic rings. The molecule has 23 heavy (non-hydrogen) atoms. The molecule has 0 spiro atoms. The van der Waals surface area contributed by atoms with Crippen LogP contribution >= 0.6 is 0 Å². The smallest absolute Gasteiger partial charge is 0.249 e. The van der Waals surface area contributed by atoms with Gasteiger partial charge in [-0.05, 0) is 54.7 Å². The van der Waals surface area contributed by atoms with Gasteiger partial charge in [0.05, 0.1) is 12.1 Å². The Morgan fingerprint density at radius 3 is 2.83 bits per heavy atom. The first kappa shape index (κ1) is 14.3. The summed E-state index contributed by atoms with van der Waals surface area (Å²) >= 11 is 0. The minimum atomic E-state index is -0.419. The highest BCUT2D eigenvalue weighted by Gasteiger charge is 2.22. The summed E-state index contributed by atoms with van der Waals surface area (Å²) in [4.78, 5) is 11.8. The zero-order valence-electron chi connectivity index (χ0n) is 12.9. The Morgan fingerprint density at radius 2 is 2.17 bits per heavy atom. The Labute approximate surface area is 134 Å². The first-order valence-electron chi connectivity index (χ1n) is 8.05. The Morgan fingerprint density at radius 1 is 1.35 bits per heavy atom. The third-order valence-corrected chi connectivity index (χ3v) is 4.97. The number of carbonyl (C=O) groups excluding carboxylic acids is 1. The van der Waals surface area contributed by atoms with Crippen molar-refractivity contribution >= 4 is 27.7 Å². The molecule has 0 atom stereocenters. The summed E-state index contributed by atoms with van der Waals surface area (Å²) in [5.74, 6) is 0.266. The topological polar surface area (TPSA) is 68.2 Å². The molecule has 1 aliphatic rings. The lowest BCUT2D eigenvalue weighted by atomic mass is 9.85. The Kier molecular flexibility index (Phi) is 3.34. The number of aliphatic hydroxyl groups excluding tert-OH is 1. The van der Waals surface area contributed by atoms with Crippen molar-refractivity contribution in [2.24, 2.45) is 11.7 Å². The summed E-state index contributed by atoms with van der Waals surface area (Å²) in [6.45, 7) is 0.922. The standard InChI is InChI=1S/C19H19N2O2/c20-19(23)15-5-2-6-16-18(15)14-8-7-13(11-22)9-17(14)21(16)10-12-3-1-4-12/h2,5-7,9,12,22H,1,3-4,10-11H2,(H2,20,23). The van der Waals surface area contributed by atoms with Crippen molar-refractivity contribution in [2.45, 2.75) is 32.4 Å². The third-order valence-electron chi connectivity index (χ3n) is 4.97. The van der Waals surface area contributed by atoms with Gasteiger partial charge in [0.2, 0.25) is 5.91 Å². The Hall–Kier alpha value is -2.33. The molecule has 1 saturated carbocycles. The van der Waals surface area contributed by atoms with E-state index >= 15 is 0 Å². The van der Waals surface area contributed by atoms with Crippen molar-refractivity contribution in [3.05, 3.63) is 47.5 Å². The summed E-state index contributed by atoms with van der Waals surface area (Å²) in [6, 6.07) is 12.7. The zero-order chi connectivity index (χ0) is 16.0. The van der Waals surface area contributed by atoms with E-state index in [1.165, 1.54) is 19.3 Å². The molecule has 0 saturated heterocycles. The molecule has 1 radical (unpaired) electrons. The molecule has 0 bridgehead atoms. The van der Waals surface area contributed by atoms with Crippen LogP contribution in [0.5, 0.6) is 0 Å². The maximum Gasteiger partial charge on any atom is 0.249 e. The molecule has 4 nitrogen and oxygen atoms in total. The lowest BCUT2D eigenvalue weighted by molar-refractivity contribution is 0.100. The van der Waals surface area contributed by atoms with Gasteiger partial charge >= 0.3 is 0 Å². The third kappa shape index (κ3) is 2.21. The van der Waals surface area contributed by atoms with Gasteiger partial charge in [-0.15, -0.1) is 0 Å². The molecule has 4 rings (SSSR count). The molecular weight excluding hydrogens is 288 g/mol. The second-order valence-corrected chi connectivity index (χ2v) is 6.40. The zero-order valence-corrected chi connectivity index (χ0v) is 12.9. The lowest BCUT2D eigenvalue weighted by Crippen LogP contribution is -2.18. The molecule has 1 aromatic heterocycles. The number of aliphatic hydroxyl groups is 1. The lowest BCUT2D eigenvalue weighted by Gasteiger charge is -2.26. The van der Waals surface area contributed by atoms with Crippen molar-refractivity contribution in [1.82, 2.24) is 4.57 Å². The van der Waals surface area contributed by atoms with Crippen LogP contribution in [0, 0.1) is 12.0 Å². The molecule has 3 N–H and O–H groups in total. The molecule has 1 heterocycles. The van der Waals surface area contributed by atoms with Crippen LogP contribution in [0.3, 0.4) is 0 Å². The van der Waals surface area contributed by atoms with Crippen molar-refractivity contribution in [2.75, 3.05) is 0 Å². The highest BCUT2D eigenvalue weighted by molar-refractivity contribution is 6.17. The molecule has 4 heteroatoms. The molecule has 0 aliphatic heterocycles. The fourth-order valence-electron chi connectivity index (χ4n) is 3.53. The summed E-state index contributed by atoms with van der Waals surface area (Å²) in [7, 11) is 0. The van der Waals surface area contributed by atoms with Crippen LogP contribution in [0.4, 0.5) is 0 Å². The van der Waals surface area contributed by atoms with E-state index in [4.69, 9.17) is 5.73 Å². The quantitative estimate of drug-likeness (QED) is 0.778. The number of nitrogens with zero attached hydrogens (tertiary/aromatic N) is 1. The summed E-state index contributed by atoms with van der Waals surface area (Å²) in [5, 5.41) is 11.2. The van der Waals surface area contributed by atoms with Crippen LogP contribution in [0.1, 0.15) is 35.2 Å². The number of amides is 1. The average molecular weight is 307 g/mol. The van der Waals surface area contributed by atoms with E-state index in [2.05, 4.69) is 10.6 Å². The number of rotatable bonds is 4. The number of hydrogen-bond acceptors (Lipinski definition) is 2. The van der Waals surface area contributed by atoms with Gasteiger partial charge < -0.3 is 15.4 Å². The van der Waals surface area contributed by atoms with E-state index in [9.17, 15) is 9.90 Å². The van der Waals surface area contributed by atoms with Crippen LogP contribution in [0.15, 0.2) is 30.3 Å². The van der Waals surface area contributed by atoms with E-state index in [0.29, 0.717) is 11.5 Å². The van der Waals surface area contributed by atoms with Gasteiger partial charge in [-0.25, -0.2) is 0 Å². The van der Waals surface area contributed by atoms with Gasteiger partial charge in [0.25, 0.3) is 0 Å². The number of benzene rings is 2. The van der Waals surface area contributed by atoms with Crippen LogP contribution in [0.25, 0.3) is 21.8 Å². The predicted octanol–water partition coefficient (Wildman–Crippen LogP) is 2.99. The van der Waals surface area contributed by atoms with Gasteiger partial charge in [-0.3, -0.25) is 4.79 Å². The highest BCUT2D eigenvalue weighted by atomic mass is 16.3. The molecular formula is C19H19N2O2. The van der Waals surface area contributed by atoms with Gasteiger partial charge in [-0.1, -0.05) is 12.5 Å². The van der Waals surface area contributed by atoms with E-state index in [1.54, 1.807) is 12.1 Å². The minimum absolute atomic E-state index is 0.0138. The first-order valence-corrected chi connectivity index (χ1v) is 8.05. The van der Waals surface area contributed by atoms with Crippen LogP contribution in [-0.4, -0.2) is 15.6 Å². The molecule has 117 valence electrons. The van der Waals surface area contributed by atoms with Crippen molar-refractivity contribution < 1.29 is 9.90 Å². The largest absolute Gasteiger partial charge is 0.392 e. The number of hydrogen-bond donors (Lipinski definition) is 2. The maximum atomic E-state index is 11.8. The Balaban J connectivity index is 2.05. The summed E-state index contributed by atoms with van der Waals surface area (Å²) in [6.07, 6.45) is 3.79. The number of nitrogens with two attached hydrogens (primary N) is 1. The SMILES string of the molecule is NC(=O)c1cccc2c1c1[c]cc(CO)cc1n2CC1CCC1. The van der Waals surface area contributed by atoms with Crippen LogP contribution < -0.4 is 5.73 Å². The maximum absolute atomic E-state index is 11.8. The number of carbonyl (C=O) groups is 1. The first-order chi connectivity index (χ1) is 11.2. The van der Waals surface area contributed by atoms with Crippen LogP contribution in [-0.2, 0) is 13.2 Å². The van der Waals surface area contributed by atoms with E-state index in [-0.39, 0.29) is 6.61 Å². The van der Waals surface area contributed by atoms with Gasteiger partial charge in [0.1, 0.15) is 0 Å². The number of fused-ring (bicyclic) bond motifs is 3. The van der Waals surface area contributed by atoms with Gasteiger partial charge in [0, 0.05) is 28.4 Å². The van der Waals surface area contributed by atoms with E-state index < -0.39 is 5.91 Å². The fourth-order valence-corrected chi connectivity index (χ4v) is 3.53. The fraction of sp³-hybridized carbons (Fsp3) is 0.316. The number of aromatic nitrogens is 1. The monoisotopic (exact) mass is 307 g/mol. The second kappa shape index (κ2) is 5.39. The molecule has 1 amide bonds. The summed E-state index contributed by atoms with van der Waals surface area (Å²) in [5.41, 5.74) is 8.98. The normalized spacial score (nSPS) is 15.2.